The van der Waals surface area contributed by atoms with Crippen LogP contribution in [0.5, 0.6) is 5.75 Å². The van der Waals surface area contributed by atoms with E-state index < -0.39 is 5.82 Å². The molecule has 8 heteroatoms. The Morgan fingerprint density at radius 2 is 2.27 bits per heavy atom. The van der Waals surface area contributed by atoms with Gasteiger partial charge in [0.2, 0.25) is 0 Å². The Bertz CT molecular complexity index is 788. The summed E-state index contributed by atoms with van der Waals surface area (Å²) in [6.07, 6.45) is 2.68. The molecule has 0 spiro atoms. The average Bonchev–Trinajstić information content (AvgIpc) is 3.05. The number of aromatic nitrogens is 3. The molecule has 0 fully saturated rings. The minimum atomic E-state index is -0.631. The first-order valence-electron chi connectivity index (χ1n) is 9.03. The molecule has 1 aliphatic rings. The molecule has 7 nitrogen and oxygen atoms in total. The fourth-order valence-corrected chi connectivity index (χ4v) is 2.96. The van der Waals surface area contributed by atoms with Gasteiger partial charge in [-0.15, -0.1) is 0 Å². The number of hydrogen-bond donors (Lipinski definition) is 3. The van der Waals surface area contributed by atoms with E-state index in [0.717, 1.165) is 44.0 Å². The number of fused-ring (bicyclic) bond motifs is 1. The van der Waals surface area contributed by atoms with Crippen LogP contribution in [0.2, 0.25) is 0 Å². The Morgan fingerprint density at radius 3 is 3.00 bits per heavy atom. The van der Waals surface area contributed by atoms with Gasteiger partial charge in [0.1, 0.15) is 5.82 Å². The SMILES string of the molecule is CCNC(=NCc1ccc(O)c(F)c1)NC1CCc2nc(CC)nn2C1. The second kappa shape index (κ2) is 8.16. The van der Waals surface area contributed by atoms with Crippen molar-refractivity contribution in [3.63, 3.8) is 0 Å². The molecular weight excluding hydrogens is 335 g/mol. The van der Waals surface area contributed by atoms with E-state index >= 15 is 0 Å². The number of guanidine groups is 1. The smallest absolute Gasteiger partial charge is 0.191 e. The standard InChI is InChI=1S/C18H25FN6O/c1-3-16-23-17-8-6-13(11-25(17)24-16)22-18(20-4-2)21-10-12-5-7-15(26)14(19)9-12/h5,7,9,13,26H,3-4,6,8,10-11H2,1-2H3,(H2,20,21,22). The number of halogens is 1. The number of phenolic OH excluding ortho intramolecular Hbond substituents is 1. The van der Waals surface area contributed by atoms with E-state index in [4.69, 9.17) is 0 Å². The van der Waals surface area contributed by atoms with E-state index in [1.54, 1.807) is 6.07 Å². The predicted molar refractivity (Wildman–Crippen MR) is 97.5 cm³/mol. The topological polar surface area (TPSA) is 87.4 Å². The van der Waals surface area contributed by atoms with Gasteiger partial charge in [0.15, 0.2) is 23.4 Å². The molecule has 3 rings (SSSR count). The largest absolute Gasteiger partial charge is 0.505 e. The maximum atomic E-state index is 13.5. The maximum absolute atomic E-state index is 13.5. The summed E-state index contributed by atoms with van der Waals surface area (Å²) in [5, 5.41) is 20.4. The summed E-state index contributed by atoms with van der Waals surface area (Å²) in [6, 6.07) is 4.53. The van der Waals surface area contributed by atoms with Gasteiger partial charge in [0.25, 0.3) is 0 Å². The van der Waals surface area contributed by atoms with Crippen molar-refractivity contribution in [2.24, 2.45) is 4.99 Å². The molecule has 1 aliphatic heterocycles. The molecule has 0 radical (unpaired) electrons. The summed E-state index contributed by atoms with van der Waals surface area (Å²) >= 11 is 0. The zero-order valence-electron chi connectivity index (χ0n) is 15.2. The van der Waals surface area contributed by atoms with Gasteiger partial charge in [-0.2, -0.15) is 5.10 Å². The van der Waals surface area contributed by atoms with Crippen LogP contribution in [-0.4, -0.2) is 38.4 Å². The predicted octanol–water partition coefficient (Wildman–Crippen LogP) is 1.76. The Labute approximate surface area is 152 Å². The summed E-state index contributed by atoms with van der Waals surface area (Å²) in [7, 11) is 0. The van der Waals surface area contributed by atoms with Crippen molar-refractivity contribution in [2.75, 3.05) is 6.54 Å². The van der Waals surface area contributed by atoms with Crippen molar-refractivity contribution in [3.8, 4) is 5.75 Å². The molecular formula is C18H25FN6O. The van der Waals surface area contributed by atoms with Crippen LogP contribution < -0.4 is 10.6 Å². The lowest BCUT2D eigenvalue weighted by atomic mass is 10.1. The quantitative estimate of drug-likeness (QED) is 0.559. The molecule has 0 aliphatic carbocycles. The summed E-state index contributed by atoms with van der Waals surface area (Å²) in [6.45, 7) is 5.87. The maximum Gasteiger partial charge on any atom is 0.191 e. The van der Waals surface area contributed by atoms with Gasteiger partial charge in [0.05, 0.1) is 13.1 Å². The third-order valence-corrected chi connectivity index (χ3v) is 4.34. The number of rotatable bonds is 5. The normalized spacial score (nSPS) is 17.0. The highest BCUT2D eigenvalue weighted by Crippen LogP contribution is 2.17. The number of aryl methyl sites for hydroxylation is 2. The molecule has 26 heavy (non-hydrogen) atoms. The fourth-order valence-electron chi connectivity index (χ4n) is 2.96. The van der Waals surface area contributed by atoms with Crippen LogP contribution in [-0.2, 0) is 25.9 Å². The molecule has 3 N–H and O–H groups in total. The summed E-state index contributed by atoms with van der Waals surface area (Å²) in [5.74, 6) is 1.63. The van der Waals surface area contributed by atoms with Crippen LogP contribution >= 0.6 is 0 Å². The van der Waals surface area contributed by atoms with Gasteiger partial charge < -0.3 is 15.7 Å². The minimum Gasteiger partial charge on any atom is -0.505 e. The number of aromatic hydroxyl groups is 1. The van der Waals surface area contributed by atoms with Crippen LogP contribution in [0.1, 0.15) is 37.5 Å². The number of nitrogens with zero attached hydrogens (tertiary/aromatic N) is 4. The molecule has 0 bridgehead atoms. The lowest BCUT2D eigenvalue weighted by Gasteiger charge is -2.25. The molecule has 1 unspecified atom stereocenters. The van der Waals surface area contributed by atoms with E-state index in [0.29, 0.717) is 18.1 Å². The van der Waals surface area contributed by atoms with Crippen LogP contribution in [0.25, 0.3) is 0 Å². The number of nitrogens with one attached hydrogen (secondary N) is 2. The summed E-state index contributed by atoms with van der Waals surface area (Å²) in [5.41, 5.74) is 0.701. The third kappa shape index (κ3) is 4.30. The zero-order chi connectivity index (χ0) is 18.5. The Hall–Kier alpha value is -2.64. The number of hydrogen-bond acceptors (Lipinski definition) is 4. The molecule has 2 aromatic rings. The van der Waals surface area contributed by atoms with Gasteiger partial charge in [-0.1, -0.05) is 13.0 Å². The average molecular weight is 360 g/mol. The molecule has 0 amide bonds. The Kier molecular flexibility index (Phi) is 5.70. The first kappa shape index (κ1) is 18.2. The Morgan fingerprint density at radius 1 is 1.42 bits per heavy atom. The van der Waals surface area contributed by atoms with E-state index in [9.17, 15) is 9.50 Å². The van der Waals surface area contributed by atoms with E-state index in [-0.39, 0.29) is 11.8 Å². The molecule has 2 heterocycles. The highest BCUT2D eigenvalue weighted by atomic mass is 19.1. The third-order valence-electron chi connectivity index (χ3n) is 4.34. The van der Waals surface area contributed by atoms with Crippen LogP contribution in [0.3, 0.4) is 0 Å². The minimum absolute atomic E-state index is 0.211. The molecule has 140 valence electrons. The summed E-state index contributed by atoms with van der Waals surface area (Å²) in [4.78, 5) is 9.06. The van der Waals surface area contributed by atoms with Crippen molar-refractivity contribution >= 4 is 5.96 Å². The molecule has 0 saturated heterocycles. The van der Waals surface area contributed by atoms with Crippen molar-refractivity contribution in [1.82, 2.24) is 25.4 Å². The van der Waals surface area contributed by atoms with E-state index in [1.807, 2.05) is 11.6 Å². The van der Waals surface area contributed by atoms with Crippen LogP contribution in [0.4, 0.5) is 4.39 Å². The van der Waals surface area contributed by atoms with Crippen molar-refractivity contribution in [2.45, 2.75) is 52.2 Å². The van der Waals surface area contributed by atoms with Crippen LogP contribution in [0.15, 0.2) is 23.2 Å². The monoisotopic (exact) mass is 360 g/mol. The number of benzene rings is 1. The lowest BCUT2D eigenvalue weighted by molar-refractivity contribution is 0.392. The number of aliphatic imine (C=N–C) groups is 1. The molecule has 1 aromatic heterocycles. The van der Waals surface area contributed by atoms with Crippen molar-refractivity contribution in [1.29, 1.82) is 0 Å². The molecule has 0 saturated carbocycles. The first-order chi connectivity index (χ1) is 12.6. The van der Waals surface area contributed by atoms with Gasteiger partial charge in [0, 0.05) is 25.4 Å². The highest BCUT2D eigenvalue weighted by molar-refractivity contribution is 5.80. The Balaban J connectivity index is 1.65. The zero-order valence-corrected chi connectivity index (χ0v) is 15.2. The van der Waals surface area contributed by atoms with E-state index in [1.165, 1.54) is 12.1 Å². The lowest BCUT2D eigenvalue weighted by Crippen LogP contribution is -2.47. The number of phenols is 1. The summed E-state index contributed by atoms with van der Waals surface area (Å²) < 4.78 is 15.4. The van der Waals surface area contributed by atoms with E-state index in [2.05, 4.69) is 32.6 Å². The van der Waals surface area contributed by atoms with Crippen molar-refractivity contribution in [3.05, 3.63) is 41.2 Å². The highest BCUT2D eigenvalue weighted by Gasteiger charge is 2.22. The second-order valence-electron chi connectivity index (χ2n) is 6.34. The second-order valence-corrected chi connectivity index (χ2v) is 6.34. The van der Waals surface area contributed by atoms with Gasteiger partial charge in [-0.25, -0.2) is 19.0 Å². The first-order valence-corrected chi connectivity index (χ1v) is 9.03. The molecule has 1 atom stereocenters. The van der Waals surface area contributed by atoms with Gasteiger partial charge in [-0.05, 0) is 31.0 Å². The fraction of sp³-hybridized carbons (Fsp3) is 0.500. The van der Waals surface area contributed by atoms with Crippen LogP contribution in [0, 0.1) is 5.82 Å². The van der Waals surface area contributed by atoms with Crippen molar-refractivity contribution < 1.29 is 9.50 Å². The van der Waals surface area contributed by atoms with Gasteiger partial charge in [-0.3, -0.25) is 0 Å². The molecule has 1 aromatic carbocycles. The van der Waals surface area contributed by atoms with Gasteiger partial charge >= 0.3 is 0 Å².